The smallest absolute Gasteiger partial charge is 0.307 e. The number of hydrogen-bond donors (Lipinski definition) is 1. The average Bonchev–Trinajstić information content (AvgIpc) is 2.81. The molecule has 0 heterocycles. The van der Waals surface area contributed by atoms with Gasteiger partial charge in [0.05, 0.1) is 6.42 Å². The van der Waals surface area contributed by atoms with Crippen LogP contribution in [0.5, 0.6) is 0 Å². The summed E-state index contributed by atoms with van der Waals surface area (Å²) in [6, 6.07) is 6.51. The highest BCUT2D eigenvalue weighted by Crippen LogP contribution is 2.36. The molecule has 1 aliphatic carbocycles. The van der Waals surface area contributed by atoms with Crippen molar-refractivity contribution >= 4 is 34.9 Å². The van der Waals surface area contributed by atoms with E-state index in [4.69, 9.17) is 16.3 Å². The quantitative estimate of drug-likeness (QED) is 0.430. The Morgan fingerprint density at radius 2 is 2.15 bits per heavy atom. The number of nitrogens with zero attached hydrogens (tertiary/aromatic N) is 1. The molecule has 27 heavy (non-hydrogen) atoms. The summed E-state index contributed by atoms with van der Waals surface area (Å²) < 4.78 is 5.11. The van der Waals surface area contributed by atoms with Crippen molar-refractivity contribution < 1.29 is 24.0 Å². The number of carbonyl (C=O) groups excluding carboxylic acids is 3. The molecular weight excluding hydrogens is 376 g/mol. The number of Topliss-reactive ketones (excluding diaryl/α,β-unsaturated/α-hetero) is 1. The largest absolute Gasteiger partial charge is 0.453 e. The van der Waals surface area contributed by atoms with Gasteiger partial charge in [0.2, 0.25) is 6.54 Å². The van der Waals surface area contributed by atoms with Crippen LogP contribution in [0.2, 0.25) is 5.02 Å². The van der Waals surface area contributed by atoms with Gasteiger partial charge in [-0.05, 0) is 31.0 Å². The van der Waals surface area contributed by atoms with Crippen molar-refractivity contribution in [1.29, 1.82) is 0 Å². The molecule has 0 saturated heterocycles. The lowest BCUT2D eigenvalue weighted by Gasteiger charge is -2.18. The Morgan fingerprint density at radius 3 is 2.78 bits per heavy atom. The number of anilines is 1. The Kier molecular flexibility index (Phi) is 6.90. The molecule has 0 radical (unpaired) electrons. The molecule has 1 aromatic rings. The summed E-state index contributed by atoms with van der Waals surface area (Å²) in [6.45, 7) is 2.81. The number of esters is 1. The second kappa shape index (κ2) is 8.94. The minimum absolute atomic E-state index is 0.163. The molecule has 1 saturated carbocycles. The molecule has 4 atom stereocenters. The van der Waals surface area contributed by atoms with E-state index in [2.05, 4.69) is 5.32 Å². The highest BCUT2D eigenvalue weighted by Gasteiger charge is 2.44. The lowest BCUT2D eigenvalue weighted by Crippen LogP contribution is -2.32. The highest BCUT2D eigenvalue weighted by molar-refractivity contribution is 6.30. The standard InChI is InChI=1S/C18H21ClN2O6/c1-10-6-16(22)14(15(10)9-21(25)26)8-17(23)27-11(2)18(24)20-13-5-3-4-12(19)7-13/h3-5,7,10-11,14-15H,6,8-9H2,1-2H3,(H,20,24)/t10-,11-,14-,15+/m0/s1. The molecule has 1 aliphatic rings. The van der Waals surface area contributed by atoms with Gasteiger partial charge in [0.15, 0.2) is 6.10 Å². The van der Waals surface area contributed by atoms with Crippen molar-refractivity contribution in [1.82, 2.24) is 0 Å². The molecule has 1 N–H and O–H groups in total. The first-order chi connectivity index (χ1) is 12.7. The zero-order chi connectivity index (χ0) is 20.1. The van der Waals surface area contributed by atoms with Gasteiger partial charge in [-0.3, -0.25) is 24.5 Å². The third-order valence-corrected chi connectivity index (χ3v) is 4.94. The molecule has 0 spiro atoms. The van der Waals surface area contributed by atoms with Crippen LogP contribution in [-0.4, -0.2) is 35.2 Å². The van der Waals surface area contributed by atoms with Gasteiger partial charge in [0.1, 0.15) is 5.78 Å². The van der Waals surface area contributed by atoms with E-state index < -0.39 is 34.7 Å². The summed E-state index contributed by atoms with van der Waals surface area (Å²) in [5, 5.41) is 13.8. The fourth-order valence-corrected chi connectivity index (χ4v) is 3.48. The van der Waals surface area contributed by atoms with Gasteiger partial charge >= 0.3 is 5.97 Å². The van der Waals surface area contributed by atoms with E-state index in [1.807, 2.05) is 0 Å². The molecule has 1 amide bonds. The molecule has 146 valence electrons. The molecular formula is C18H21ClN2O6. The van der Waals surface area contributed by atoms with E-state index in [9.17, 15) is 24.5 Å². The monoisotopic (exact) mass is 396 g/mol. The first-order valence-electron chi connectivity index (χ1n) is 8.57. The van der Waals surface area contributed by atoms with Crippen LogP contribution >= 0.6 is 11.6 Å². The Balaban J connectivity index is 1.92. The van der Waals surface area contributed by atoms with Gasteiger partial charge in [0, 0.05) is 33.9 Å². The van der Waals surface area contributed by atoms with Crippen molar-refractivity contribution in [3.8, 4) is 0 Å². The topological polar surface area (TPSA) is 116 Å². The van der Waals surface area contributed by atoms with Gasteiger partial charge in [0.25, 0.3) is 5.91 Å². The number of benzene rings is 1. The third-order valence-electron chi connectivity index (χ3n) is 4.70. The number of rotatable bonds is 7. The number of ketones is 1. The van der Waals surface area contributed by atoms with Gasteiger partial charge in [-0.2, -0.15) is 0 Å². The predicted octanol–water partition coefficient (Wildman–Crippen LogP) is 2.72. The van der Waals surface area contributed by atoms with Crippen molar-refractivity contribution in [2.24, 2.45) is 17.8 Å². The number of halogens is 1. The summed E-state index contributed by atoms with van der Waals surface area (Å²) >= 11 is 5.85. The average molecular weight is 397 g/mol. The molecule has 0 aromatic heterocycles. The number of nitrogens with one attached hydrogen (secondary N) is 1. The third kappa shape index (κ3) is 5.75. The van der Waals surface area contributed by atoms with Gasteiger partial charge in [-0.1, -0.05) is 24.6 Å². The van der Waals surface area contributed by atoms with Gasteiger partial charge < -0.3 is 10.1 Å². The van der Waals surface area contributed by atoms with Crippen LogP contribution in [0.1, 0.15) is 26.7 Å². The Bertz CT molecular complexity index is 753. The highest BCUT2D eigenvalue weighted by atomic mass is 35.5. The fourth-order valence-electron chi connectivity index (χ4n) is 3.29. The Morgan fingerprint density at radius 1 is 1.44 bits per heavy atom. The van der Waals surface area contributed by atoms with Crippen molar-refractivity contribution in [2.45, 2.75) is 32.8 Å². The summed E-state index contributed by atoms with van der Waals surface area (Å²) in [5.74, 6) is -2.87. The van der Waals surface area contributed by atoms with Crippen molar-refractivity contribution in [3.63, 3.8) is 0 Å². The van der Waals surface area contributed by atoms with Crippen LogP contribution in [0.25, 0.3) is 0 Å². The van der Waals surface area contributed by atoms with Crippen LogP contribution in [0.4, 0.5) is 5.69 Å². The second-order valence-corrected chi connectivity index (χ2v) is 7.21. The van der Waals surface area contributed by atoms with E-state index in [0.717, 1.165) is 0 Å². The minimum atomic E-state index is -1.08. The molecule has 1 fully saturated rings. The van der Waals surface area contributed by atoms with E-state index in [1.165, 1.54) is 6.92 Å². The maximum absolute atomic E-state index is 12.2. The minimum Gasteiger partial charge on any atom is -0.453 e. The fraction of sp³-hybridized carbons (Fsp3) is 0.500. The van der Waals surface area contributed by atoms with Gasteiger partial charge in [-0.15, -0.1) is 0 Å². The zero-order valence-corrected chi connectivity index (χ0v) is 15.8. The van der Waals surface area contributed by atoms with E-state index in [0.29, 0.717) is 10.7 Å². The Hall–Kier alpha value is -2.48. The number of carbonyl (C=O) groups is 3. The lowest BCUT2D eigenvalue weighted by molar-refractivity contribution is -0.490. The number of hydrogen-bond acceptors (Lipinski definition) is 6. The van der Waals surface area contributed by atoms with Gasteiger partial charge in [-0.25, -0.2) is 0 Å². The van der Waals surface area contributed by atoms with Crippen molar-refractivity contribution in [3.05, 3.63) is 39.4 Å². The number of amides is 1. The molecule has 8 nitrogen and oxygen atoms in total. The number of ether oxygens (including phenoxy) is 1. The van der Waals surface area contributed by atoms with E-state index in [1.54, 1.807) is 31.2 Å². The van der Waals surface area contributed by atoms with E-state index in [-0.39, 0.29) is 31.1 Å². The maximum Gasteiger partial charge on any atom is 0.307 e. The predicted molar refractivity (Wildman–Crippen MR) is 97.9 cm³/mol. The molecule has 2 rings (SSSR count). The summed E-state index contributed by atoms with van der Waals surface area (Å²) in [6.07, 6.45) is -1.14. The van der Waals surface area contributed by atoms with Crippen LogP contribution in [0.3, 0.4) is 0 Å². The molecule has 0 bridgehead atoms. The Labute approximate surface area is 161 Å². The second-order valence-electron chi connectivity index (χ2n) is 6.77. The summed E-state index contributed by atoms with van der Waals surface area (Å²) in [7, 11) is 0. The molecule has 0 aliphatic heterocycles. The van der Waals surface area contributed by atoms with Crippen LogP contribution in [-0.2, 0) is 19.1 Å². The summed E-state index contributed by atoms with van der Waals surface area (Å²) in [4.78, 5) is 46.7. The number of nitro groups is 1. The van der Waals surface area contributed by atoms with Crippen molar-refractivity contribution in [2.75, 3.05) is 11.9 Å². The molecule has 9 heteroatoms. The normalized spacial score (nSPS) is 22.9. The zero-order valence-electron chi connectivity index (χ0n) is 15.0. The lowest BCUT2D eigenvalue weighted by atomic mass is 9.88. The van der Waals surface area contributed by atoms with Crippen LogP contribution < -0.4 is 5.32 Å². The SMILES string of the molecule is C[C@H](OC(=O)C[C@@H]1C(=O)C[C@H](C)[C@H]1C[N+](=O)[O-])C(=O)Nc1cccc(Cl)c1. The van der Waals surface area contributed by atoms with E-state index >= 15 is 0 Å². The van der Waals surface area contributed by atoms with Crippen LogP contribution in [0.15, 0.2) is 24.3 Å². The van der Waals surface area contributed by atoms with Crippen LogP contribution in [0, 0.1) is 27.9 Å². The first kappa shape index (κ1) is 20.8. The molecule has 0 unspecified atom stereocenters. The maximum atomic E-state index is 12.2. The summed E-state index contributed by atoms with van der Waals surface area (Å²) in [5.41, 5.74) is 0.459. The first-order valence-corrected chi connectivity index (χ1v) is 8.95. The molecule has 1 aromatic carbocycles.